The molecule has 2 fully saturated rings. The van der Waals surface area contributed by atoms with Crippen molar-refractivity contribution in [2.24, 2.45) is 16.7 Å². The van der Waals surface area contributed by atoms with Crippen LogP contribution in [0.4, 0.5) is 11.5 Å². The summed E-state index contributed by atoms with van der Waals surface area (Å²) in [4.78, 5) is 22.3. The van der Waals surface area contributed by atoms with Crippen LogP contribution in [0, 0.1) is 16.7 Å². The molecule has 5 atom stereocenters. The van der Waals surface area contributed by atoms with Gasteiger partial charge in [0.1, 0.15) is 11.6 Å². The highest BCUT2D eigenvalue weighted by Crippen LogP contribution is 2.64. The van der Waals surface area contributed by atoms with Crippen molar-refractivity contribution in [1.82, 2.24) is 9.97 Å². The lowest BCUT2D eigenvalue weighted by Gasteiger charge is -2.36. The van der Waals surface area contributed by atoms with Crippen LogP contribution in [0.3, 0.4) is 0 Å². The van der Waals surface area contributed by atoms with Crippen molar-refractivity contribution in [2.45, 2.75) is 51.2 Å². The summed E-state index contributed by atoms with van der Waals surface area (Å²) in [6, 6.07) is 26.9. The average Bonchev–Trinajstić information content (AvgIpc) is 3.36. The topological polar surface area (TPSA) is 121 Å². The molecule has 0 aliphatic heterocycles. The quantitative estimate of drug-likeness (QED) is 0.183. The highest BCUT2D eigenvalue weighted by Gasteiger charge is 2.65. The molecule has 2 heterocycles. The number of rotatable bonds is 11. The Balaban J connectivity index is 1.43. The molecule has 8 nitrogen and oxygen atoms in total. The van der Waals surface area contributed by atoms with Gasteiger partial charge in [0.15, 0.2) is 0 Å². The Kier molecular flexibility index (Phi) is 8.02. The molecule has 9 heteroatoms. The Hall–Kier alpha value is -4.08. The number of nitrogens with one attached hydrogen (secondary N) is 2. The second-order valence-corrected chi connectivity index (χ2v) is 14.3. The summed E-state index contributed by atoms with van der Waals surface area (Å²) in [6.07, 6.45) is 4.25. The third-order valence-corrected chi connectivity index (χ3v) is 11.4. The predicted molar refractivity (Wildman–Crippen MR) is 171 cm³/mol. The Morgan fingerprint density at radius 3 is 2.23 bits per heavy atom. The fraction of sp³-hybridized carbons (Fsp3) is 0.343. The van der Waals surface area contributed by atoms with E-state index in [1.165, 1.54) is 0 Å². The van der Waals surface area contributed by atoms with Gasteiger partial charge in [-0.2, -0.15) is 0 Å². The zero-order valence-corrected chi connectivity index (χ0v) is 25.7. The molecule has 2 aromatic heterocycles. The molecule has 228 valence electrons. The first-order chi connectivity index (χ1) is 21.1. The smallest absolute Gasteiger partial charge is 0.233 e. The zero-order valence-electron chi connectivity index (χ0n) is 24.9. The fourth-order valence-corrected chi connectivity index (χ4v) is 9.33. The number of hydrogen-bond donors (Lipinski definition) is 3. The first-order valence-electron chi connectivity index (χ1n) is 15.1. The summed E-state index contributed by atoms with van der Waals surface area (Å²) >= 11 is 0. The van der Waals surface area contributed by atoms with Crippen LogP contribution < -0.4 is 10.0 Å². The number of sulfonamides is 1. The standard InChI is InChI=1S/C35H38N4O4S/c1-34(2)25-18-19-35(34,29(40)22-25)23-44(42,43)39-27-15-7-6-14-26(27)32(38-30-17-9-11-21-37-30)31(28-16-8-10-20-36-28)33(41)24-12-4-3-5-13-24/h3-17,20-21,25,31-33,39,41H,18-19,22-23H2,1-2H3,(H,37,38)/t25-,31?,32?,33?,35-/m1/s1. The number of aliphatic hydroxyl groups is 1. The van der Waals surface area contributed by atoms with Gasteiger partial charge in [0, 0.05) is 24.5 Å². The molecule has 4 aromatic rings. The van der Waals surface area contributed by atoms with Crippen molar-refractivity contribution in [3.63, 3.8) is 0 Å². The molecule has 0 spiro atoms. The molecule has 0 radical (unpaired) electrons. The third-order valence-electron chi connectivity index (χ3n) is 9.97. The van der Waals surface area contributed by atoms with Crippen LogP contribution in [0.25, 0.3) is 0 Å². The van der Waals surface area contributed by atoms with Gasteiger partial charge >= 0.3 is 0 Å². The number of carbonyl (C=O) groups is 1. The van der Waals surface area contributed by atoms with E-state index < -0.39 is 33.5 Å². The van der Waals surface area contributed by atoms with Crippen LogP contribution in [-0.2, 0) is 14.8 Å². The molecule has 6 rings (SSSR count). The van der Waals surface area contributed by atoms with Crippen molar-refractivity contribution in [3.8, 4) is 0 Å². The summed E-state index contributed by atoms with van der Waals surface area (Å²) < 4.78 is 30.7. The molecule has 3 N–H and O–H groups in total. The van der Waals surface area contributed by atoms with Crippen LogP contribution in [0.15, 0.2) is 103 Å². The zero-order chi connectivity index (χ0) is 31.0. The predicted octanol–water partition coefficient (Wildman–Crippen LogP) is 6.28. The van der Waals surface area contributed by atoms with E-state index in [0.717, 1.165) is 6.42 Å². The fourth-order valence-electron chi connectivity index (χ4n) is 7.41. The van der Waals surface area contributed by atoms with E-state index in [4.69, 9.17) is 0 Å². The largest absolute Gasteiger partial charge is 0.388 e. The van der Waals surface area contributed by atoms with Gasteiger partial charge in [-0.15, -0.1) is 0 Å². The van der Waals surface area contributed by atoms with Crippen molar-refractivity contribution in [1.29, 1.82) is 0 Å². The van der Waals surface area contributed by atoms with E-state index in [1.54, 1.807) is 24.5 Å². The molecule has 2 saturated carbocycles. The van der Waals surface area contributed by atoms with Gasteiger partial charge in [0.25, 0.3) is 0 Å². The maximum atomic E-state index is 13.9. The van der Waals surface area contributed by atoms with Crippen molar-refractivity contribution in [2.75, 3.05) is 15.8 Å². The minimum atomic E-state index is -3.95. The SMILES string of the molecule is CC1(C)[C@@H]2CC[C@@]1(CS(=O)(=O)Nc1ccccc1C(Nc1ccccn1)C(c1ccccn1)C(O)c1ccccc1)C(=O)C2. The maximum Gasteiger partial charge on any atom is 0.233 e. The van der Waals surface area contributed by atoms with Gasteiger partial charge in [-0.1, -0.05) is 74.5 Å². The number of anilines is 2. The highest BCUT2D eigenvalue weighted by atomic mass is 32.2. The molecule has 2 bridgehead atoms. The number of nitrogens with zero attached hydrogens (tertiary/aromatic N) is 2. The van der Waals surface area contributed by atoms with Crippen molar-refractivity contribution in [3.05, 3.63) is 120 Å². The molecular formula is C35H38N4O4S. The molecule has 2 aliphatic carbocycles. The van der Waals surface area contributed by atoms with Gasteiger partial charge in [-0.05, 0) is 65.6 Å². The first-order valence-corrected chi connectivity index (χ1v) is 16.7. The number of ketones is 1. The van der Waals surface area contributed by atoms with Gasteiger partial charge in [0.05, 0.1) is 34.9 Å². The van der Waals surface area contributed by atoms with E-state index in [1.807, 2.05) is 92.7 Å². The van der Waals surface area contributed by atoms with Gasteiger partial charge in [0.2, 0.25) is 10.0 Å². The van der Waals surface area contributed by atoms with Gasteiger partial charge in [-0.25, -0.2) is 13.4 Å². The minimum absolute atomic E-state index is 0.0494. The Morgan fingerprint density at radius 1 is 0.909 bits per heavy atom. The summed E-state index contributed by atoms with van der Waals surface area (Å²) in [7, 11) is -3.95. The normalized spacial score (nSPS) is 22.7. The monoisotopic (exact) mass is 610 g/mol. The van der Waals surface area contributed by atoms with E-state index in [0.29, 0.717) is 41.2 Å². The second-order valence-electron chi connectivity index (χ2n) is 12.6. The molecular weight excluding hydrogens is 572 g/mol. The maximum absolute atomic E-state index is 13.9. The number of aromatic nitrogens is 2. The number of Topliss-reactive ketones (excluding diaryl/α,β-unsaturated/α-hetero) is 1. The van der Waals surface area contributed by atoms with Gasteiger partial charge in [-0.3, -0.25) is 14.5 Å². The summed E-state index contributed by atoms with van der Waals surface area (Å²) in [5.74, 6) is -0.0802. The van der Waals surface area contributed by atoms with E-state index in [9.17, 15) is 18.3 Å². The molecule has 0 amide bonds. The van der Waals surface area contributed by atoms with Crippen LogP contribution in [-0.4, -0.2) is 35.0 Å². The van der Waals surface area contributed by atoms with Crippen LogP contribution in [0.2, 0.25) is 0 Å². The van der Waals surface area contributed by atoms with E-state index in [-0.39, 0.29) is 22.9 Å². The van der Waals surface area contributed by atoms with E-state index >= 15 is 0 Å². The number of carbonyl (C=O) groups excluding carboxylic acids is 1. The average molecular weight is 611 g/mol. The second kappa shape index (κ2) is 11.8. The number of para-hydroxylation sites is 1. The number of benzene rings is 2. The van der Waals surface area contributed by atoms with Crippen LogP contribution in [0.1, 0.15) is 68.0 Å². The number of aliphatic hydroxyl groups excluding tert-OH is 1. The minimum Gasteiger partial charge on any atom is -0.388 e. The lowest BCUT2D eigenvalue weighted by Crippen LogP contribution is -2.43. The number of hydrogen-bond acceptors (Lipinski definition) is 7. The Labute approximate surface area is 259 Å². The highest BCUT2D eigenvalue weighted by molar-refractivity contribution is 7.92. The molecule has 3 unspecified atom stereocenters. The van der Waals surface area contributed by atoms with Crippen molar-refractivity contribution >= 4 is 27.3 Å². The lowest BCUT2D eigenvalue weighted by atomic mass is 9.70. The van der Waals surface area contributed by atoms with Crippen LogP contribution >= 0.6 is 0 Å². The Morgan fingerprint density at radius 2 is 1.59 bits per heavy atom. The Bertz CT molecular complexity index is 1720. The van der Waals surface area contributed by atoms with Crippen LogP contribution in [0.5, 0.6) is 0 Å². The summed E-state index contributed by atoms with van der Waals surface area (Å²) in [5.41, 5.74) is 1.03. The number of pyridine rings is 2. The molecule has 0 saturated heterocycles. The number of fused-ring (bicyclic) bond motifs is 2. The lowest BCUT2D eigenvalue weighted by molar-refractivity contribution is -0.128. The first kappa shape index (κ1) is 30.0. The summed E-state index contributed by atoms with van der Waals surface area (Å²) in [6.45, 7) is 4.07. The summed E-state index contributed by atoms with van der Waals surface area (Å²) in [5, 5.41) is 15.4. The van der Waals surface area contributed by atoms with Gasteiger partial charge < -0.3 is 10.4 Å². The molecule has 2 aromatic carbocycles. The van der Waals surface area contributed by atoms with Crippen molar-refractivity contribution < 1.29 is 18.3 Å². The molecule has 44 heavy (non-hydrogen) atoms. The molecule has 2 aliphatic rings. The van der Waals surface area contributed by atoms with E-state index in [2.05, 4.69) is 20.0 Å². The third kappa shape index (κ3) is 5.50.